The van der Waals surface area contributed by atoms with E-state index in [-0.39, 0.29) is 5.91 Å². The van der Waals surface area contributed by atoms with E-state index in [2.05, 4.69) is 9.97 Å². The highest BCUT2D eigenvalue weighted by molar-refractivity contribution is 7.12. The summed E-state index contributed by atoms with van der Waals surface area (Å²) in [5.74, 6) is 0.481. The van der Waals surface area contributed by atoms with Crippen molar-refractivity contribution in [2.75, 3.05) is 13.1 Å². The molecule has 1 amide bonds. The van der Waals surface area contributed by atoms with Crippen LogP contribution in [0.4, 0.5) is 0 Å². The Morgan fingerprint density at radius 2 is 2.37 bits per heavy atom. The largest absolute Gasteiger partial charge is 0.337 e. The van der Waals surface area contributed by atoms with E-state index in [0.29, 0.717) is 5.92 Å². The minimum Gasteiger partial charge on any atom is -0.337 e. The fourth-order valence-corrected chi connectivity index (χ4v) is 3.19. The van der Waals surface area contributed by atoms with E-state index < -0.39 is 0 Å². The molecule has 1 unspecified atom stereocenters. The molecule has 0 aliphatic carbocycles. The molecule has 1 aliphatic rings. The van der Waals surface area contributed by atoms with Gasteiger partial charge in [0.25, 0.3) is 5.91 Å². The number of hydrogen-bond acceptors (Lipinski definition) is 4. The maximum atomic E-state index is 12.3. The Labute approximate surface area is 116 Å². The van der Waals surface area contributed by atoms with Crippen LogP contribution in [0, 0.1) is 0 Å². The lowest BCUT2D eigenvalue weighted by molar-refractivity contribution is 0.0711. The van der Waals surface area contributed by atoms with E-state index >= 15 is 0 Å². The van der Waals surface area contributed by atoms with Crippen LogP contribution in [-0.4, -0.2) is 33.9 Å². The van der Waals surface area contributed by atoms with Gasteiger partial charge in [0.05, 0.1) is 4.88 Å². The molecule has 2 aromatic rings. The number of aromatic nitrogens is 2. The van der Waals surface area contributed by atoms with Gasteiger partial charge in [-0.15, -0.1) is 11.3 Å². The first kappa shape index (κ1) is 12.3. The van der Waals surface area contributed by atoms with Crippen molar-refractivity contribution in [1.29, 1.82) is 0 Å². The molecular formula is C14H15N3OS. The molecule has 5 heteroatoms. The highest BCUT2D eigenvalue weighted by Crippen LogP contribution is 2.26. The summed E-state index contributed by atoms with van der Waals surface area (Å²) in [4.78, 5) is 23.4. The summed E-state index contributed by atoms with van der Waals surface area (Å²) in [6.07, 6.45) is 5.47. The van der Waals surface area contributed by atoms with E-state index in [1.165, 1.54) is 11.3 Å². The first-order valence-corrected chi connectivity index (χ1v) is 7.31. The molecule has 1 aliphatic heterocycles. The fourth-order valence-electron chi connectivity index (χ4n) is 2.50. The summed E-state index contributed by atoms with van der Waals surface area (Å²) in [5, 5.41) is 1.94. The zero-order valence-electron chi connectivity index (χ0n) is 10.5. The van der Waals surface area contributed by atoms with Crippen molar-refractivity contribution >= 4 is 17.2 Å². The highest BCUT2D eigenvalue weighted by atomic mass is 32.1. The molecule has 1 fully saturated rings. The van der Waals surface area contributed by atoms with Gasteiger partial charge in [-0.25, -0.2) is 9.97 Å². The van der Waals surface area contributed by atoms with E-state index in [4.69, 9.17) is 0 Å². The van der Waals surface area contributed by atoms with Crippen LogP contribution in [0.3, 0.4) is 0 Å². The number of rotatable bonds is 2. The number of likely N-dealkylation sites (tertiary alicyclic amines) is 1. The van der Waals surface area contributed by atoms with Crippen molar-refractivity contribution < 1.29 is 4.79 Å². The molecule has 19 heavy (non-hydrogen) atoms. The maximum Gasteiger partial charge on any atom is 0.263 e. The van der Waals surface area contributed by atoms with Gasteiger partial charge in [-0.1, -0.05) is 6.07 Å². The van der Waals surface area contributed by atoms with E-state index in [0.717, 1.165) is 36.5 Å². The van der Waals surface area contributed by atoms with Crippen molar-refractivity contribution in [3.8, 4) is 0 Å². The Balaban J connectivity index is 1.73. The second-order valence-electron chi connectivity index (χ2n) is 4.70. The Hall–Kier alpha value is -1.75. The molecule has 0 bridgehead atoms. The zero-order chi connectivity index (χ0) is 13.1. The first-order valence-electron chi connectivity index (χ1n) is 6.43. The fraction of sp³-hybridized carbons (Fsp3) is 0.357. The minimum atomic E-state index is 0.147. The van der Waals surface area contributed by atoms with Crippen LogP contribution < -0.4 is 0 Å². The number of hydrogen-bond donors (Lipinski definition) is 0. The monoisotopic (exact) mass is 273 g/mol. The minimum absolute atomic E-state index is 0.147. The Kier molecular flexibility index (Phi) is 3.55. The van der Waals surface area contributed by atoms with Gasteiger partial charge in [-0.3, -0.25) is 4.79 Å². The Morgan fingerprint density at radius 1 is 1.42 bits per heavy atom. The SMILES string of the molecule is O=C(c1cccs1)N1CCCC(c2ccncn2)C1. The van der Waals surface area contributed by atoms with Crippen molar-refractivity contribution in [3.05, 3.63) is 46.7 Å². The van der Waals surface area contributed by atoms with Crippen molar-refractivity contribution in [2.45, 2.75) is 18.8 Å². The zero-order valence-corrected chi connectivity index (χ0v) is 11.3. The molecular weight excluding hydrogens is 258 g/mol. The summed E-state index contributed by atoms with van der Waals surface area (Å²) in [7, 11) is 0. The number of thiophene rings is 1. The average Bonchev–Trinajstić information content (AvgIpc) is 3.02. The van der Waals surface area contributed by atoms with Crippen LogP contribution in [0.2, 0.25) is 0 Å². The summed E-state index contributed by atoms with van der Waals surface area (Å²) in [6.45, 7) is 1.60. The first-order chi connectivity index (χ1) is 9.34. The molecule has 3 heterocycles. The predicted octanol–water partition coefficient (Wildman–Crippen LogP) is 2.56. The van der Waals surface area contributed by atoms with Gasteiger partial charge in [-0.2, -0.15) is 0 Å². The van der Waals surface area contributed by atoms with Crippen LogP contribution in [0.1, 0.15) is 34.1 Å². The topological polar surface area (TPSA) is 46.1 Å². The number of carbonyl (C=O) groups excluding carboxylic acids is 1. The Morgan fingerprint density at radius 3 is 3.11 bits per heavy atom. The summed E-state index contributed by atoms with van der Waals surface area (Å²) < 4.78 is 0. The summed E-state index contributed by atoms with van der Waals surface area (Å²) >= 11 is 1.50. The molecule has 98 valence electrons. The normalized spacial score (nSPS) is 19.4. The Bertz CT molecular complexity index is 541. The van der Waals surface area contributed by atoms with Gasteiger partial charge in [0, 0.05) is 30.9 Å². The van der Waals surface area contributed by atoms with Gasteiger partial charge < -0.3 is 4.90 Å². The number of piperidine rings is 1. The maximum absolute atomic E-state index is 12.3. The number of amides is 1. The van der Waals surface area contributed by atoms with Crippen LogP contribution in [0.15, 0.2) is 36.1 Å². The second-order valence-corrected chi connectivity index (χ2v) is 5.65. The third-order valence-electron chi connectivity index (χ3n) is 3.46. The van der Waals surface area contributed by atoms with Crippen LogP contribution in [-0.2, 0) is 0 Å². The molecule has 0 N–H and O–H groups in total. The molecule has 0 aromatic carbocycles. The van der Waals surface area contributed by atoms with E-state index in [9.17, 15) is 4.79 Å². The molecule has 1 saturated heterocycles. The summed E-state index contributed by atoms with van der Waals surface area (Å²) in [6, 6.07) is 5.76. The van der Waals surface area contributed by atoms with E-state index in [1.54, 1.807) is 12.5 Å². The van der Waals surface area contributed by atoms with Crippen molar-refractivity contribution in [2.24, 2.45) is 0 Å². The van der Waals surface area contributed by atoms with E-state index in [1.807, 2.05) is 28.5 Å². The molecule has 0 spiro atoms. The van der Waals surface area contributed by atoms with Gasteiger partial charge in [0.2, 0.25) is 0 Å². The molecule has 0 saturated carbocycles. The molecule has 2 aromatic heterocycles. The van der Waals surface area contributed by atoms with Gasteiger partial charge in [0.15, 0.2) is 0 Å². The lowest BCUT2D eigenvalue weighted by Crippen LogP contribution is -2.39. The molecule has 3 rings (SSSR count). The highest BCUT2D eigenvalue weighted by Gasteiger charge is 2.26. The van der Waals surface area contributed by atoms with Crippen molar-refractivity contribution in [1.82, 2.24) is 14.9 Å². The molecule has 0 radical (unpaired) electrons. The van der Waals surface area contributed by atoms with Crippen LogP contribution >= 0.6 is 11.3 Å². The number of carbonyl (C=O) groups is 1. The standard InChI is InChI=1S/C14H15N3OS/c18-14(13-4-2-8-19-13)17-7-1-3-11(9-17)12-5-6-15-10-16-12/h2,4-6,8,10-11H,1,3,7,9H2. The molecule has 4 nitrogen and oxygen atoms in total. The quantitative estimate of drug-likeness (QED) is 0.844. The second kappa shape index (κ2) is 5.48. The third-order valence-corrected chi connectivity index (χ3v) is 4.32. The smallest absolute Gasteiger partial charge is 0.263 e. The lowest BCUT2D eigenvalue weighted by atomic mass is 9.94. The van der Waals surface area contributed by atoms with Crippen molar-refractivity contribution in [3.63, 3.8) is 0 Å². The van der Waals surface area contributed by atoms with Gasteiger partial charge in [0.1, 0.15) is 6.33 Å². The average molecular weight is 273 g/mol. The van der Waals surface area contributed by atoms with Crippen LogP contribution in [0.25, 0.3) is 0 Å². The summed E-state index contributed by atoms with van der Waals surface area (Å²) in [5.41, 5.74) is 1.04. The third kappa shape index (κ3) is 2.66. The number of nitrogens with zero attached hydrogens (tertiary/aromatic N) is 3. The predicted molar refractivity (Wildman–Crippen MR) is 74.2 cm³/mol. The van der Waals surface area contributed by atoms with Crippen LogP contribution in [0.5, 0.6) is 0 Å². The van der Waals surface area contributed by atoms with Gasteiger partial charge in [-0.05, 0) is 30.4 Å². The lowest BCUT2D eigenvalue weighted by Gasteiger charge is -2.32. The molecule has 1 atom stereocenters. The van der Waals surface area contributed by atoms with Gasteiger partial charge >= 0.3 is 0 Å².